The highest BCUT2D eigenvalue weighted by molar-refractivity contribution is 5.61. The molecule has 2 atom stereocenters. The van der Waals surface area contributed by atoms with Gasteiger partial charge in [-0.05, 0) is 24.3 Å². The molecule has 0 saturated carbocycles. The molecule has 2 aromatic rings. The van der Waals surface area contributed by atoms with Gasteiger partial charge in [-0.25, -0.2) is 0 Å². The predicted molar refractivity (Wildman–Crippen MR) is 72.3 cm³/mol. The lowest BCUT2D eigenvalue weighted by Gasteiger charge is -2.27. The monoisotopic (exact) mass is 284 g/mol. The van der Waals surface area contributed by atoms with Crippen molar-refractivity contribution < 1.29 is 24.1 Å². The highest BCUT2D eigenvalue weighted by Gasteiger charge is 2.44. The van der Waals surface area contributed by atoms with Gasteiger partial charge in [0, 0.05) is 11.6 Å². The number of phenols is 1. The van der Waals surface area contributed by atoms with Crippen LogP contribution in [0.1, 0.15) is 23.1 Å². The fourth-order valence-corrected chi connectivity index (χ4v) is 3.31. The van der Waals surface area contributed by atoms with Gasteiger partial charge in [0.1, 0.15) is 23.4 Å². The Labute approximate surface area is 120 Å². The van der Waals surface area contributed by atoms with Gasteiger partial charge in [0.25, 0.3) is 0 Å². The molecule has 106 valence electrons. The molecule has 0 aliphatic carbocycles. The van der Waals surface area contributed by atoms with Gasteiger partial charge < -0.3 is 24.1 Å². The molecule has 21 heavy (non-hydrogen) atoms. The van der Waals surface area contributed by atoms with E-state index in [0.29, 0.717) is 12.4 Å². The number of phenolic OH excluding ortho intramolecular Hbond substituents is 1. The molecule has 2 unspecified atom stereocenters. The van der Waals surface area contributed by atoms with Gasteiger partial charge in [-0.2, -0.15) is 0 Å². The molecule has 1 N–H and O–H groups in total. The van der Waals surface area contributed by atoms with Crippen molar-refractivity contribution >= 4 is 0 Å². The third-order valence-corrected chi connectivity index (χ3v) is 4.25. The number of benzene rings is 2. The quantitative estimate of drug-likeness (QED) is 0.806. The van der Waals surface area contributed by atoms with Crippen molar-refractivity contribution in [3.05, 3.63) is 41.5 Å². The summed E-state index contributed by atoms with van der Waals surface area (Å²) in [5, 5.41) is 9.57. The maximum Gasteiger partial charge on any atom is 0.231 e. The Balaban J connectivity index is 1.65. The van der Waals surface area contributed by atoms with Crippen LogP contribution in [0.25, 0.3) is 0 Å². The molecule has 3 heterocycles. The van der Waals surface area contributed by atoms with Gasteiger partial charge in [0.05, 0.1) is 18.1 Å². The van der Waals surface area contributed by atoms with E-state index >= 15 is 0 Å². The second kappa shape index (κ2) is 3.75. The number of rotatable bonds is 0. The molecule has 0 bridgehead atoms. The minimum Gasteiger partial charge on any atom is -0.508 e. The summed E-state index contributed by atoms with van der Waals surface area (Å²) in [6.45, 7) is 0.739. The van der Waals surface area contributed by atoms with Crippen LogP contribution >= 0.6 is 0 Å². The first kappa shape index (κ1) is 11.1. The summed E-state index contributed by atoms with van der Waals surface area (Å²) < 4.78 is 22.9. The molecule has 3 aliphatic rings. The molecule has 3 aliphatic heterocycles. The van der Waals surface area contributed by atoms with E-state index in [-0.39, 0.29) is 24.6 Å². The van der Waals surface area contributed by atoms with Gasteiger partial charge in [0.2, 0.25) is 6.79 Å². The minimum absolute atomic E-state index is 0.0775. The van der Waals surface area contributed by atoms with Gasteiger partial charge >= 0.3 is 0 Å². The van der Waals surface area contributed by atoms with Crippen LogP contribution in [-0.2, 0) is 0 Å². The van der Waals surface area contributed by atoms with Crippen LogP contribution in [0, 0.1) is 0 Å². The molecule has 0 radical (unpaired) electrons. The predicted octanol–water partition coefficient (Wildman–Crippen LogP) is 2.73. The normalized spacial score (nSPS) is 23.6. The Morgan fingerprint density at radius 2 is 1.86 bits per heavy atom. The lowest BCUT2D eigenvalue weighted by molar-refractivity contribution is 0.137. The van der Waals surface area contributed by atoms with Crippen LogP contribution in [0.4, 0.5) is 0 Å². The SMILES string of the molecule is Oc1ccc2c(c1)OCC1c3c(ccc4c3OCO4)OC21. The highest BCUT2D eigenvalue weighted by atomic mass is 16.7. The van der Waals surface area contributed by atoms with Gasteiger partial charge in [0.15, 0.2) is 11.5 Å². The summed E-state index contributed by atoms with van der Waals surface area (Å²) in [4.78, 5) is 0. The summed E-state index contributed by atoms with van der Waals surface area (Å²) >= 11 is 0. The zero-order chi connectivity index (χ0) is 14.0. The van der Waals surface area contributed by atoms with E-state index in [4.69, 9.17) is 18.9 Å². The Morgan fingerprint density at radius 1 is 0.952 bits per heavy atom. The third-order valence-electron chi connectivity index (χ3n) is 4.25. The van der Waals surface area contributed by atoms with Crippen molar-refractivity contribution in [2.24, 2.45) is 0 Å². The van der Waals surface area contributed by atoms with Crippen molar-refractivity contribution in [3.8, 4) is 28.7 Å². The van der Waals surface area contributed by atoms with Crippen LogP contribution in [0.2, 0.25) is 0 Å². The molecule has 2 aromatic carbocycles. The molecule has 5 nitrogen and oxygen atoms in total. The first-order chi connectivity index (χ1) is 10.3. The Bertz CT molecular complexity index is 755. The second-order valence-corrected chi connectivity index (χ2v) is 5.39. The lowest BCUT2D eigenvalue weighted by atomic mass is 9.89. The zero-order valence-electron chi connectivity index (χ0n) is 11.0. The summed E-state index contributed by atoms with van der Waals surface area (Å²) in [7, 11) is 0. The van der Waals surface area contributed by atoms with Crippen molar-refractivity contribution in [1.82, 2.24) is 0 Å². The van der Waals surface area contributed by atoms with Gasteiger partial charge in [-0.3, -0.25) is 0 Å². The van der Waals surface area contributed by atoms with Gasteiger partial charge in [-0.15, -0.1) is 0 Å². The molecular weight excluding hydrogens is 272 g/mol. The summed E-state index contributed by atoms with van der Waals surface area (Å²) in [6, 6.07) is 8.92. The van der Waals surface area contributed by atoms with E-state index in [1.165, 1.54) is 0 Å². The topological polar surface area (TPSA) is 57.2 Å². The van der Waals surface area contributed by atoms with E-state index in [9.17, 15) is 5.11 Å². The van der Waals surface area contributed by atoms with Crippen LogP contribution in [0.3, 0.4) is 0 Å². The van der Waals surface area contributed by atoms with E-state index in [1.54, 1.807) is 12.1 Å². The molecule has 0 aromatic heterocycles. The first-order valence-corrected chi connectivity index (χ1v) is 6.86. The van der Waals surface area contributed by atoms with Crippen LogP contribution < -0.4 is 18.9 Å². The zero-order valence-corrected chi connectivity index (χ0v) is 11.0. The largest absolute Gasteiger partial charge is 0.508 e. The second-order valence-electron chi connectivity index (χ2n) is 5.39. The summed E-state index contributed by atoms with van der Waals surface area (Å²) in [6.07, 6.45) is -0.111. The highest BCUT2D eigenvalue weighted by Crippen LogP contribution is 2.56. The maximum absolute atomic E-state index is 9.57. The molecule has 0 amide bonds. The number of aromatic hydroxyl groups is 1. The van der Waals surface area contributed by atoms with Gasteiger partial charge in [-0.1, -0.05) is 0 Å². The van der Waals surface area contributed by atoms with E-state index < -0.39 is 0 Å². The fraction of sp³-hybridized carbons (Fsp3) is 0.250. The summed E-state index contributed by atoms with van der Waals surface area (Å²) in [5.74, 6) is 3.30. The number of ether oxygens (including phenoxy) is 4. The number of hydrogen-bond acceptors (Lipinski definition) is 5. The maximum atomic E-state index is 9.57. The Morgan fingerprint density at radius 3 is 2.81 bits per heavy atom. The average molecular weight is 284 g/mol. The van der Waals surface area contributed by atoms with Crippen molar-refractivity contribution in [3.63, 3.8) is 0 Å². The van der Waals surface area contributed by atoms with Crippen molar-refractivity contribution in [2.45, 2.75) is 12.0 Å². The lowest BCUT2D eigenvalue weighted by Crippen LogP contribution is -2.23. The minimum atomic E-state index is -0.111. The van der Waals surface area contributed by atoms with Crippen LogP contribution in [0.5, 0.6) is 28.7 Å². The third kappa shape index (κ3) is 1.40. The number of hydrogen-bond donors (Lipinski definition) is 1. The smallest absolute Gasteiger partial charge is 0.231 e. The van der Waals surface area contributed by atoms with Crippen LogP contribution in [-0.4, -0.2) is 18.5 Å². The van der Waals surface area contributed by atoms with E-state index in [2.05, 4.69) is 0 Å². The molecule has 5 rings (SSSR count). The Hall–Kier alpha value is -2.56. The fourth-order valence-electron chi connectivity index (χ4n) is 3.31. The van der Waals surface area contributed by atoms with E-state index in [1.807, 2.05) is 18.2 Å². The molecule has 5 heteroatoms. The molecule has 0 saturated heterocycles. The first-order valence-electron chi connectivity index (χ1n) is 6.86. The Kier molecular flexibility index (Phi) is 1.99. The number of fused-ring (bicyclic) bond motifs is 7. The van der Waals surface area contributed by atoms with Crippen molar-refractivity contribution in [1.29, 1.82) is 0 Å². The standard InChI is InChI=1S/C16H12O5/c17-8-1-2-9-13(5-8)18-6-10-14-11(21-15(9)10)3-4-12-16(14)20-7-19-12/h1-5,10,15,17H,6-7H2. The average Bonchev–Trinajstić information content (AvgIpc) is 3.09. The van der Waals surface area contributed by atoms with Crippen LogP contribution in [0.15, 0.2) is 30.3 Å². The molecule has 0 fully saturated rings. The van der Waals surface area contributed by atoms with Crippen molar-refractivity contribution in [2.75, 3.05) is 13.4 Å². The molecular formula is C16H12O5. The van der Waals surface area contributed by atoms with E-state index in [0.717, 1.165) is 28.4 Å². The molecule has 0 spiro atoms. The summed E-state index contributed by atoms with van der Waals surface area (Å²) in [5.41, 5.74) is 1.97.